The van der Waals surface area contributed by atoms with Crippen LogP contribution in [0.1, 0.15) is 0 Å². The number of rotatable bonds is 2. The summed E-state index contributed by atoms with van der Waals surface area (Å²) in [5.74, 6) is -1.14. The average molecular weight is 367 g/mol. The lowest BCUT2D eigenvalue weighted by atomic mass is 10.3. The van der Waals surface area contributed by atoms with Crippen molar-refractivity contribution in [2.75, 3.05) is 10.6 Å². The van der Waals surface area contributed by atoms with Crippen molar-refractivity contribution in [3.8, 4) is 0 Å². The summed E-state index contributed by atoms with van der Waals surface area (Å²) in [4.78, 5) is 27.2. The van der Waals surface area contributed by atoms with Gasteiger partial charge < -0.3 is 10.6 Å². The Kier molecular flexibility index (Phi) is 4.45. The van der Waals surface area contributed by atoms with Crippen molar-refractivity contribution >= 4 is 45.9 Å². The van der Waals surface area contributed by atoms with E-state index in [4.69, 9.17) is 0 Å². The Balaban J connectivity index is 1.96. The van der Waals surface area contributed by atoms with Gasteiger partial charge in [0.1, 0.15) is 5.82 Å². The van der Waals surface area contributed by atoms with E-state index in [-0.39, 0.29) is 0 Å². The predicted molar refractivity (Wildman–Crippen MR) is 80.7 cm³/mol. The SMILES string of the molecule is O=C(Nc1ccc(I)cc1)C(=O)Nc1ccccn1. The minimum Gasteiger partial charge on any atom is -0.318 e. The first-order valence-corrected chi connectivity index (χ1v) is 6.52. The maximum atomic E-state index is 11.6. The smallest absolute Gasteiger partial charge is 0.315 e. The van der Waals surface area contributed by atoms with E-state index < -0.39 is 11.8 Å². The van der Waals surface area contributed by atoms with Gasteiger partial charge in [-0.2, -0.15) is 0 Å². The van der Waals surface area contributed by atoms with Crippen molar-refractivity contribution in [1.82, 2.24) is 4.98 Å². The van der Waals surface area contributed by atoms with Crippen LogP contribution in [0.5, 0.6) is 0 Å². The lowest BCUT2D eigenvalue weighted by Crippen LogP contribution is -2.29. The van der Waals surface area contributed by atoms with E-state index in [9.17, 15) is 9.59 Å². The van der Waals surface area contributed by atoms with Crippen molar-refractivity contribution in [1.29, 1.82) is 0 Å². The van der Waals surface area contributed by atoms with Gasteiger partial charge in [-0.15, -0.1) is 0 Å². The van der Waals surface area contributed by atoms with Crippen LogP contribution in [0.2, 0.25) is 0 Å². The van der Waals surface area contributed by atoms with E-state index >= 15 is 0 Å². The van der Waals surface area contributed by atoms with E-state index in [0.717, 1.165) is 3.57 Å². The van der Waals surface area contributed by atoms with Gasteiger partial charge in [0.2, 0.25) is 0 Å². The highest BCUT2D eigenvalue weighted by molar-refractivity contribution is 14.1. The van der Waals surface area contributed by atoms with Crippen LogP contribution in [0.4, 0.5) is 11.5 Å². The number of carbonyl (C=O) groups excluding carboxylic acids is 2. The number of benzene rings is 1. The molecule has 19 heavy (non-hydrogen) atoms. The summed E-state index contributed by atoms with van der Waals surface area (Å²) >= 11 is 2.16. The van der Waals surface area contributed by atoms with E-state index in [1.807, 2.05) is 12.1 Å². The molecule has 0 saturated heterocycles. The fraction of sp³-hybridized carbons (Fsp3) is 0. The highest BCUT2D eigenvalue weighted by Gasteiger charge is 2.14. The molecular formula is C13H10IN3O2. The summed E-state index contributed by atoms with van der Waals surface area (Å²) in [6, 6.07) is 12.2. The molecule has 0 aliphatic rings. The molecule has 96 valence electrons. The first-order valence-electron chi connectivity index (χ1n) is 5.44. The maximum absolute atomic E-state index is 11.6. The molecule has 2 rings (SSSR count). The van der Waals surface area contributed by atoms with Gasteiger partial charge in [0, 0.05) is 15.5 Å². The lowest BCUT2D eigenvalue weighted by Gasteiger charge is -2.05. The zero-order valence-corrected chi connectivity index (χ0v) is 11.9. The fourth-order valence-electron chi connectivity index (χ4n) is 1.33. The third-order valence-electron chi connectivity index (χ3n) is 2.21. The number of hydrogen-bond acceptors (Lipinski definition) is 3. The predicted octanol–water partition coefficient (Wildman–Crippen LogP) is 2.26. The normalized spacial score (nSPS) is 9.74. The number of anilines is 2. The summed E-state index contributed by atoms with van der Waals surface area (Å²) in [7, 11) is 0. The summed E-state index contributed by atoms with van der Waals surface area (Å²) < 4.78 is 1.05. The van der Waals surface area contributed by atoms with Crippen molar-refractivity contribution in [3.63, 3.8) is 0 Å². The number of nitrogens with one attached hydrogen (secondary N) is 2. The summed E-state index contributed by atoms with van der Waals surface area (Å²) in [6.07, 6.45) is 1.53. The van der Waals surface area contributed by atoms with Gasteiger partial charge in [-0.1, -0.05) is 6.07 Å². The number of nitrogens with zero attached hydrogens (tertiary/aromatic N) is 1. The van der Waals surface area contributed by atoms with Crippen molar-refractivity contribution < 1.29 is 9.59 Å². The standard InChI is InChI=1S/C13H10IN3O2/c14-9-4-6-10(7-5-9)16-12(18)13(19)17-11-3-1-2-8-15-11/h1-8H,(H,16,18)(H,15,17,19). The van der Waals surface area contributed by atoms with Crippen LogP contribution in [-0.2, 0) is 9.59 Å². The van der Waals surface area contributed by atoms with Crippen molar-refractivity contribution in [2.45, 2.75) is 0 Å². The van der Waals surface area contributed by atoms with Gasteiger partial charge in [0.25, 0.3) is 0 Å². The maximum Gasteiger partial charge on any atom is 0.315 e. The molecule has 6 heteroatoms. The zero-order valence-electron chi connectivity index (χ0n) is 9.76. The molecule has 0 spiro atoms. The van der Waals surface area contributed by atoms with E-state index in [1.165, 1.54) is 6.20 Å². The van der Waals surface area contributed by atoms with E-state index in [2.05, 4.69) is 38.2 Å². The molecule has 0 saturated carbocycles. The molecule has 0 fully saturated rings. The molecule has 2 aromatic rings. The molecule has 1 aromatic heterocycles. The van der Waals surface area contributed by atoms with Gasteiger partial charge in [0.15, 0.2) is 0 Å². The fourth-order valence-corrected chi connectivity index (χ4v) is 1.69. The summed E-state index contributed by atoms with van der Waals surface area (Å²) in [5.41, 5.74) is 0.571. The molecule has 0 atom stereocenters. The molecule has 2 N–H and O–H groups in total. The highest BCUT2D eigenvalue weighted by Crippen LogP contribution is 2.11. The quantitative estimate of drug-likeness (QED) is 0.632. The number of pyridine rings is 1. The molecule has 1 heterocycles. The lowest BCUT2D eigenvalue weighted by molar-refractivity contribution is -0.133. The van der Waals surface area contributed by atoms with Crippen molar-refractivity contribution in [3.05, 3.63) is 52.2 Å². The second-order valence-electron chi connectivity index (χ2n) is 3.63. The van der Waals surface area contributed by atoms with Gasteiger partial charge in [-0.25, -0.2) is 4.98 Å². The molecule has 0 bridgehead atoms. The van der Waals surface area contributed by atoms with Gasteiger partial charge in [0.05, 0.1) is 0 Å². The number of hydrogen-bond donors (Lipinski definition) is 2. The van der Waals surface area contributed by atoms with Crippen LogP contribution < -0.4 is 10.6 Å². The minimum atomic E-state index is -0.753. The molecule has 0 unspecified atom stereocenters. The molecule has 5 nitrogen and oxygen atoms in total. The molecule has 2 amide bonds. The second kappa shape index (κ2) is 6.28. The van der Waals surface area contributed by atoms with Crippen molar-refractivity contribution in [2.24, 2.45) is 0 Å². The van der Waals surface area contributed by atoms with Gasteiger partial charge >= 0.3 is 11.8 Å². The zero-order chi connectivity index (χ0) is 13.7. The number of amides is 2. The van der Waals surface area contributed by atoms with E-state index in [1.54, 1.807) is 30.3 Å². The second-order valence-corrected chi connectivity index (χ2v) is 4.88. The first kappa shape index (κ1) is 13.5. The first-order chi connectivity index (χ1) is 9.15. The van der Waals surface area contributed by atoms with Gasteiger partial charge in [-0.3, -0.25) is 9.59 Å². The van der Waals surface area contributed by atoms with E-state index in [0.29, 0.717) is 11.5 Å². The van der Waals surface area contributed by atoms with Crippen LogP contribution in [0.3, 0.4) is 0 Å². The van der Waals surface area contributed by atoms with Crippen LogP contribution >= 0.6 is 22.6 Å². The summed E-state index contributed by atoms with van der Waals surface area (Å²) in [5, 5.41) is 4.92. The highest BCUT2D eigenvalue weighted by atomic mass is 127. The molecular weight excluding hydrogens is 357 g/mol. The molecule has 0 aliphatic heterocycles. The Morgan fingerprint density at radius 1 is 0.947 bits per heavy atom. The molecule has 0 aliphatic carbocycles. The number of halogens is 1. The number of carbonyl (C=O) groups is 2. The van der Waals surface area contributed by atoms with Crippen LogP contribution in [0.15, 0.2) is 48.7 Å². The third-order valence-corrected chi connectivity index (χ3v) is 2.93. The average Bonchev–Trinajstić information content (AvgIpc) is 2.42. The third kappa shape index (κ3) is 4.02. The summed E-state index contributed by atoms with van der Waals surface area (Å²) in [6.45, 7) is 0. The molecule has 1 aromatic carbocycles. The van der Waals surface area contributed by atoms with Crippen LogP contribution in [0, 0.1) is 3.57 Å². The Hall–Kier alpha value is -1.96. The Morgan fingerprint density at radius 2 is 1.63 bits per heavy atom. The molecule has 0 radical (unpaired) electrons. The van der Waals surface area contributed by atoms with Crippen LogP contribution in [-0.4, -0.2) is 16.8 Å². The minimum absolute atomic E-state index is 0.338. The van der Waals surface area contributed by atoms with Crippen LogP contribution in [0.25, 0.3) is 0 Å². The monoisotopic (exact) mass is 367 g/mol. The number of aromatic nitrogens is 1. The Labute approximate surface area is 123 Å². The largest absolute Gasteiger partial charge is 0.318 e. The van der Waals surface area contributed by atoms with Gasteiger partial charge in [-0.05, 0) is 59.0 Å². The Morgan fingerprint density at radius 3 is 2.26 bits per heavy atom. The Bertz CT molecular complexity index is 585. The topological polar surface area (TPSA) is 71.1 Å².